The summed E-state index contributed by atoms with van der Waals surface area (Å²) in [6.07, 6.45) is 3.77. The molecule has 2 rings (SSSR count). The van der Waals surface area contributed by atoms with Crippen LogP contribution in [-0.4, -0.2) is 28.5 Å². The highest BCUT2D eigenvalue weighted by Gasteiger charge is 2.19. The van der Waals surface area contributed by atoms with E-state index in [0.717, 1.165) is 19.4 Å². The highest BCUT2D eigenvalue weighted by Crippen LogP contribution is 2.26. The van der Waals surface area contributed by atoms with Gasteiger partial charge in [0.2, 0.25) is 5.91 Å². The van der Waals surface area contributed by atoms with Crippen LogP contribution in [0.3, 0.4) is 0 Å². The second-order valence-corrected chi connectivity index (χ2v) is 4.59. The number of nitrogens with zero attached hydrogens (tertiary/aromatic N) is 2. The van der Waals surface area contributed by atoms with E-state index in [2.05, 4.69) is 20.6 Å². The Bertz CT molecular complexity index is 401. The van der Waals surface area contributed by atoms with Crippen molar-refractivity contribution in [2.75, 3.05) is 11.9 Å². The first-order chi connectivity index (χ1) is 8.16. The van der Waals surface area contributed by atoms with Gasteiger partial charge in [0.15, 0.2) is 10.3 Å². The van der Waals surface area contributed by atoms with Crippen LogP contribution in [0.5, 0.6) is 0 Å². The minimum atomic E-state index is -0.136. The monoisotopic (exact) mass is 274 g/mol. The normalized spacial score (nSPS) is 19.3. The summed E-state index contributed by atoms with van der Waals surface area (Å²) < 4.78 is 0. The van der Waals surface area contributed by atoms with Gasteiger partial charge in [-0.05, 0) is 19.4 Å². The van der Waals surface area contributed by atoms with Crippen molar-refractivity contribution in [2.45, 2.75) is 25.3 Å². The van der Waals surface area contributed by atoms with Gasteiger partial charge in [-0.3, -0.25) is 4.79 Å². The second kappa shape index (κ2) is 5.62. The average molecular weight is 275 g/mol. The minimum Gasteiger partial charge on any atom is -0.321 e. The number of halogens is 2. The van der Waals surface area contributed by atoms with Gasteiger partial charge in [-0.1, -0.05) is 23.2 Å². The first-order valence-corrected chi connectivity index (χ1v) is 6.11. The smallest absolute Gasteiger partial charge is 0.226 e. The Labute approximate surface area is 109 Å². The number of amides is 1. The summed E-state index contributed by atoms with van der Waals surface area (Å²) in [5.74, 6) is -0.136. The van der Waals surface area contributed by atoms with E-state index in [1.807, 2.05) is 0 Å². The fourth-order valence-electron chi connectivity index (χ4n) is 1.79. The van der Waals surface area contributed by atoms with E-state index in [4.69, 9.17) is 23.2 Å². The lowest BCUT2D eigenvalue weighted by Crippen LogP contribution is -2.27. The molecule has 0 radical (unpaired) electrons. The lowest BCUT2D eigenvalue weighted by molar-refractivity contribution is -0.116. The van der Waals surface area contributed by atoms with Crippen molar-refractivity contribution in [2.24, 2.45) is 0 Å². The zero-order chi connectivity index (χ0) is 12.3. The van der Waals surface area contributed by atoms with Gasteiger partial charge in [0.1, 0.15) is 12.0 Å². The number of rotatable bonds is 3. The first kappa shape index (κ1) is 12.5. The minimum absolute atomic E-state index is 0.136. The molecule has 2 heterocycles. The highest BCUT2D eigenvalue weighted by atomic mass is 35.5. The van der Waals surface area contributed by atoms with E-state index < -0.39 is 0 Å². The molecule has 92 valence electrons. The fraction of sp³-hybridized carbons (Fsp3) is 0.500. The summed E-state index contributed by atoms with van der Waals surface area (Å²) in [6.45, 7) is 0.966. The topological polar surface area (TPSA) is 66.9 Å². The van der Waals surface area contributed by atoms with Gasteiger partial charge in [-0.25, -0.2) is 9.97 Å². The van der Waals surface area contributed by atoms with Crippen molar-refractivity contribution in [1.82, 2.24) is 15.3 Å². The van der Waals surface area contributed by atoms with Crippen LogP contribution >= 0.6 is 23.2 Å². The molecule has 2 N–H and O–H groups in total. The van der Waals surface area contributed by atoms with Gasteiger partial charge in [0.05, 0.1) is 0 Å². The molecular weight excluding hydrogens is 263 g/mol. The summed E-state index contributed by atoms with van der Waals surface area (Å²) >= 11 is 11.6. The molecule has 7 heteroatoms. The van der Waals surface area contributed by atoms with Crippen LogP contribution < -0.4 is 10.6 Å². The molecule has 1 atom stereocenters. The van der Waals surface area contributed by atoms with Crippen LogP contribution in [0, 0.1) is 0 Å². The molecule has 1 aliphatic rings. The van der Waals surface area contributed by atoms with Crippen LogP contribution in [0.25, 0.3) is 0 Å². The fourth-order valence-corrected chi connectivity index (χ4v) is 2.20. The van der Waals surface area contributed by atoms with Crippen molar-refractivity contribution in [3.63, 3.8) is 0 Å². The van der Waals surface area contributed by atoms with E-state index >= 15 is 0 Å². The summed E-state index contributed by atoms with van der Waals surface area (Å²) in [6, 6.07) is 0.234. The third kappa shape index (κ3) is 3.28. The Morgan fingerprint density at radius 2 is 2.18 bits per heavy atom. The summed E-state index contributed by atoms with van der Waals surface area (Å²) in [5.41, 5.74) is 0.277. The third-order valence-corrected chi connectivity index (χ3v) is 3.19. The van der Waals surface area contributed by atoms with E-state index in [1.165, 1.54) is 6.33 Å². The van der Waals surface area contributed by atoms with Crippen molar-refractivity contribution < 1.29 is 4.79 Å². The largest absolute Gasteiger partial charge is 0.321 e. The maximum absolute atomic E-state index is 11.7. The molecule has 1 aromatic heterocycles. The standard InChI is InChI=1S/C10H12Cl2N4O/c11-9-8(10(12)15-5-14-9)16-7(17)4-6-2-1-3-13-6/h5-6,13H,1-4H2,(H,16,17). The van der Waals surface area contributed by atoms with Gasteiger partial charge in [0, 0.05) is 12.5 Å². The van der Waals surface area contributed by atoms with Crippen LogP contribution in [0.15, 0.2) is 6.33 Å². The van der Waals surface area contributed by atoms with Crippen LogP contribution in [0.1, 0.15) is 19.3 Å². The van der Waals surface area contributed by atoms with Crippen LogP contribution in [-0.2, 0) is 4.79 Å². The Hall–Kier alpha value is -0.910. The molecule has 1 unspecified atom stereocenters. The highest BCUT2D eigenvalue weighted by molar-refractivity contribution is 6.38. The molecule has 0 saturated carbocycles. The summed E-state index contributed by atoms with van der Waals surface area (Å²) in [7, 11) is 0. The SMILES string of the molecule is O=C(CC1CCCN1)Nc1c(Cl)ncnc1Cl. The Morgan fingerprint density at radius 1 is 1.47 bits per heavy atom. The predicted octanol–water partition coefficient (Wildman–Crippen LogP) is 1.86. The molecule has 0 spiro atoms. The van der Waals surface area contributed by atoms with Gasteiger partial charge in [-0.15, -0.1) is 0 Å². The Balaban J connectivity index is 1.97. The molecule has 0 aliphatic carbocycles. The summed E-state index contributed by atoms with van der Waals surface area (Å²) in [4.78, 5) is 19.3. The number of hydrogen-bond acceptors (Lipinski definition) is 4. The van der Waals surface area contributed by atoms with E-state index in [0.29, 0.717) is 6.42 Å². The maximum atomic E-state index is 11.7. The number of aromatic nitrogens is 2. The van der Waals surface area contributed by atoms with Gasteiger partial charge < -0.3 is 10.6 Å². The quantitative estimate of drug-likeness (QED) is 0.826. The van der Waals surface area contributed by atoms with Crippen LogP contribution in [0.2, 0.25) is 10.3 Å². The molecule has 1 amide bonds. The van der Waals surface area contributed by atoms with E-state index in [-0.39, 0.29) is 27.9 Å². The summed E-state index contributed by atoms with van der Waals surface area (Å²) in [5, 5.41) is 6.18. The van der Waals surface area contributed by atoms with Gasteiger partial charge in [0.25, 0.3) is 0 Å². The number of nitrogens with one attached hydrogen (secondary N) is 2. The van der Waals surface area contributed by atoms with Crippen LogP contribution in [0.4, 0.5) is 5.69 Å². The van der Waals surface area contributed by atoms with Crippen molar-refractivity contribution in [1.29, 1.82) is 0 Å². The molecule has 1 aromatic rings. The second-order valence-electron chi connectivity index (χ2n) is 3.88. The Kier molecular flexibility index (Phi) is 4.15. The predicted molar refractivity (Wildman–Crippen MR) is 66.3 cm³/mol. The first-order valence-electron chi connectivity index (χ1n) is 5.36. The van der Waals surface area contributed by atoms with Gasteiger partial charge in [-0.2, -0.15) is 0 Å². The van der Waals surface area contributed by atoms with Crippen molar-refractivity contribution in [3.8, 4) is 0 Å². The zero-order valence-electron chi connectivity index (χ0n) is 9.04. The number of hydrogen-bond donors (Lipinski definition) is 2. The molecule has 1 aliphatic heterocycles. The molecule has 17 heavy (non-hydrogen) atoms. The average Bonchev–Trinajstić information content (AvgIpc) is 2.76. The lowest BCUT2D eigenvalue weighted by Gasteiger charge is -2.11. The zero-order valence-corrected chi connectivity index (χ0v) is 10.6. The molecule has 5 nitrogen and oxygen atoms in total. The molecule has 0 bridgehead atoms. The lowest BCUT2D eigenvalue weighted by atomic mass is 10.1. The van der Waals surface area contributed by atoms with Gasteiger partial charge >= 0.3 is 0 Å². The third-order valence-electron chi connectivity index (χ3n) is 2.61. The Morgan fingerprint density at radius 3 is 2.76 bits per heavy atom. The molecular formula is C10H12Cl2N4O. The number of anilines is 1. The molecule has 1 fully saturated rings. The van der Waals surface area contributed by atoms with E-state index in [1.54, 1.807) is 0 Å². The number of carbonyl (C=O) groups is 1. The maximum Gasteiger partial charge on any atom is 0.226 e. The van der Waals surface area contributed by atoms with E-state index in [9.17, 15) is 4.79 Å². The molecule has 0 aromatic carbocycles. The van der Waals surface area contributed by atoms with Crippen molar-refractivity contribution >= 4 is 34.8 Å². The molecule has 1 saturated heterocycles. The number of carbonyl (C=O) groups excluding carboxylic acids is 1. The van der Waals surface area contributed by atoms with Crippen molar-refractivity contribution in [3.05, 3.63) is 16.6 Å².